The molecule has 3 aromatic rings. The number of aromatic nitrogens is 2. The van der Waals surface area contributed by atoms with Gasteiger partial charge in [0.05, 0.1) is 29.1 Å². The molecule has 0 bridgehead atoms. The van der Waals surface area contributed by atoms with Crippen molar-refractivity contribution in [1.29, 1.82) is 0 Å². The number of nitrogens with zero attached hydrogens (tertiary/aromatic N) is 3. The smallest absolute Gasteiger partial charge is 0.251 e. The van der Waals surface area contributed by atoms with Gasteiger partial charge in [-0.25, -0.2) is 4.98 Å². The molecule has 0 unspecified atom stereocenters. The van der Waals surface area contributed by atoms with Crippen LogP contribution in [0.4, 0.5) is 0 Å². The van der Waals surface area contributed by atoms with E-state index in [4.69, 9.17) is 9.72 Å². The summed E-state index contributed by atoms with van der Waals surface area (Å²) in [6, 6.07) is 15.5. The third kappa shape index (κ3) is 3.82. The van der Waals surface area contributed by atoms with Crippen molar-refractivity contribution in [3.8, 4) is 0 Å². The maximum absolute atomic E-state index is 12.4. The van der Waals surface area contributed by atoms with Gasteiger partial charge in [0.2, 0.25) is 0 Å². The number of fused-ring (bicyclic) bond motifs is 1. The fraction of sp³-hybridized carbons (Fsp3) is 0.286. The molecular weight excluding hydrogens is 340 g/mol. The standard InChI is InChI=1S/C21H22N4O2/c1-22-21(26)17-12-19(24-18-8-3-2-7-16(17)18)20-14-25(10-11-27-20)13-15-6-4-5-9-23-15/h2-9,12,20H,10-11,13-14H2,1H3,(H,22,26)/t20-/m1/s1. The highest BCUT2D eigenvalue weighted by Gasteiger charge is 2.25. The molecule has 1 aliphatic rings. The number of morpholine rings is 1. The molecule has 1 fully saturated rings. The first-order valence-corrected chi connectivity index (χ1v) is 9.10. The minimum Gasteiger partial charge on any atom is -0.369 e. The van der Waals surface area contributed by atoms with Crippen LogP contribution in [0.15, 0.2) is 54.7 Å². The fourth-order valence-corrected chi connectivity index (χ4v) is 3.43. The summed E-state index contributed by atoms with van der Waals surface area (Å²) in [5.74, 6) is -0.115. The highest BCUT2D eigenvalue weighted by Crippen LogP contribution is 2.26. The van der Waals surface area contributed by atoms with Crippen molar-refractivity contribution in [1.82, 2.24) is 20.2 Å². The molecule has 0 radical (unpaired) electrons. The number of amides is 1. The molecule has 6 heteroatoms. The van der Waals surface area contributed by atoms with E-state index in [0.29, 0.717) is 12.2 Å². The summed E-state index contributed by atoms with van der Waals surface area (Å²) in [7, 11) is 1.64. The van der Waals surface area contributed by atoms with Crippen LogP contribution in [0, 0.1) is 0 Å². The lowest BCUT2D eigenvalue weighted by Gasteiger charge is -2.32. The number of nitrogens with one attached hydrogen (secondary N) is 1. The molecule has 1 aliphatic heterocycles. The van der Waals surface area contributed by atoms with E-state index in [0.717, 1.165) is 41.9 Å². The van der Waals surface area contributed by atoms with Gasteiger partial charge < -0.3 is 10.1 Å². The molecule has 1 amide bonds. The summed E-state index contributed by atoms with van der Waals surface area (Å²) in [6.45, 7) is 2.97. The third-order valence-electron chi connectivity index (χ3n) is 4.80. The lowest BCUT2D eigenvalue weighted by atomic mass is 10.0. The average molecular weight is 362 g/mol. The molecule has 4 rings (SSSR count). The normalized spacial score (nSPS) is 17.7. The molecule has 0 saturated carbocycles. The average Bonchev–Trinajstić information content (AvgIpc) is 2.73. The van der Waals surface area contributed by atoms with Crippen molar-refractivity contribution in [2.24, 2.45) is 0 Å². The van der Waals surface area contributed by atoms with E-state index < -0.39 is 0 Å². The lowest BCUT2D eigenvalue weighted by molar-refractivity contribution is -0.0352. The van der Waals surface area contributed by atoms with E-state index in [1.807, 2.05) is 54.7 Å². The van der Waals surface area contributed by atoms with Crippen LogP contribution >= 0.6 is 0 Å². The van der Waals surface area contributed by atoms with E-state index in [-0.39, 0.29) is 12.0 Å². The molecule has 27 heavy (non-hydrogen) atoms. The third-order valence-corrected chi connectivity index (χ3v) is 4.80. The van der Waals surface area contributed by atoms with E-state index in [9.17, 15) is 4.79 Å². The fourth-order valence-electron chi connectivity index (χ4n) is 3.43. The van der Waals surface area contributed by atoms with Gasteiger partial charge in [-0.1, -0.05) is 24.3 Å². The molecule has 2 aromatic heterocycles. The molecule has 3 heterocycles. The van der Waals surface area contributed by atoms with Gasteiger partial charge in [-0.2, -0.15) is 0 Å². The van der Waals surface area contributed by atoms with Crippen molar-refractivity contribution < 1.29 is 9.53 Å². The van der Waals surface area contributed by atoms with Crippen molar-refractivity contribution in [3.63, 3.8) is 0 Å². The van der Waals surface area contributed by atoms with Gasteiger partial charge in [-0.05, 0) is 24.3 Å². The number of hydrogen-bond donors (Lipinski definition) is 1. The maximum atomic E-state index is 12.4. The van der Waals surface area contributed by atoms with Gasteiger partial charge in [0.15, 0.2) is 0 Å². The van der Waals surface area contributed by atoms with Crippen LogP contribution in [0.2, 0.25) is 0 Å². The monoisotopic (exact) mass is 362 g/mol. The summed E-state index contributed by atoms with van der Waals surface area (Å²) < 4.78 is 5.99. The van der Waals surface area contributed by atoms with Crippen molar-refractivity contribution in [3.05, 3.63) is 71.7 Å². The Bertz CT molecular complexity index is 945. The molecule has 1 aromatic carbocycles. The van der Waals surface area contributed by atoms with Gasteiger partial charge in [0, 0.05) is 38.3 Å². The van der Waals surface area contributed by atoms with E-state index in [1.54, 1.807) is 7.05 Å². The van der Waals surface area contributed by atoms with Crippen molar-refractivity contribution >= 4 is 16.8 Å². The van der Waals surface area contributed by atoms with Crippen LogP contribution in [0.1, 0.15) is 27.8 Å². The lowest BCUT2D eigenvalue weighted by Crippen LogP contribution is -2.38. The second-order valence-electron chi connectivity index (χ2n) is 6.61. The number of carbonyl (C=O) groups excluding carboxylic acids is 1. The molecule has 1 atom stereocenters. The number of para-hydroxylation sites is 1. The molecule has 138 valence electrons. The van der Waals surface area contributed by atoms with Gasteiger partial charge >= 0.3 is 0 Å². The van der Waals surface area contributed by atoms with Gasteiger partial charge in [0.1, 0.15) is 6.10 Å². The second-order valence-corrected chi connectivity index (χ2v) is 6.61. The summed E-state index contributed by atoms with van der Waals surface area (Å²) in [5.41, 5.74) is 3.26. The maximum Gasteiger partial charge on any atom is 0.251 e. The number of benzene rings is 1. The topological polar surface area (TPSA) is 67.4 Å². The summed E-state index contributed by atoms with van der Waals surface area (Å²) in [4.78, 5) is 23.9. The second kappa shape index (κ2) is 7.82. The largest absolute Gasteiger partial charge is 0.369 e. The quantitative estimate of drug-likeness (QED) is 0.773. The Morgan fingerprint density at radius 3 is 2.93 bits per heavy atom. The van der Waals surface area contributed by atoms with E-state index in [2.05, 4.69) is 15.2 Å². The first kappa shape index (κ1) is 17.6. The first-order chi connectivity index (χ1) is 13.2. The minimum absolute atomic E-state index is 0.115. The van der Waals surface area contributed by atoms with Gasteiger partial charge in [-0.3, -0.25) is 14.7 Å². The number of rotatable bonds is 4. The van der Waals surface area contributed by atoms with Gasteiger partial charge in [-0.15, -0.1) is 0 Å². The zero-order valence-electron chi connectivity index (χ0n) is 15.3. The summed E-state index contributed by atoms with van der Waals surface area (Å²) in [6.07, 6.45) is 1.64. The Kier molecular flexibility index (Phi) is 5.09. The van der Waals surface area contributed by atoms with Crippen LogP contribution in [-0.2, 0) is 11.3 Å². The van der Waals surface area contributed by atoms with Crippen LogP contribution in [-0.4, -0.2) is 47.5 Å². The highest BCUT2D eigenvalue weighted by atomic mass is 16.5. The van der Waals surface area contributed by atoms with Crippen molar-refractivity contribution in [2.45, 2.75) is 12.6 Å². The van der Waals surface area contributed by atoms with Gasteiger partial charge in [0.25, 0.3) is 5.91 Å². The zero-order chi connectivity index (χ0) is 18.6. The molecule has 0 aliphatic carbocycles. The molecule has 6 nitrogen and oxygen atoms in total. The zero-order valence-corrected chi connectivity index (χ0v) is 15.3. The summed E-state index contributed by atoms with van der Waals surface area (Å²) in [5, 5.41) is 3.57. The first-order valence-electron chi connectivity index (χ1n) is 9.10. The predicted molar refractivity (Wildman–Crippen MR) is 103 cm³/mol. The predicted octanol–water partition coefficient (Wildman–Crippen LogP) is 2.56. The Balaban J connectivity index is 1.62. The Morgan fingerprint density at radius 1 is 1.26 bits per heavy atom. The Labute approximate surface area is 158 Å². The SMILES string of the molecule is CNC(=O)c1cc([C@H]2CN(Cc3ccccn3)CCO2)nc2ccccc12. The Hall–Kier alpha value is -2.83. The molecule has 1 N–H and O–H groups in total. The van der Waals surface area contributed by atoms with Crippen molar-refractivity contribution in [2.75, 3.05) is 26.7 Å². The van der Waals surface area contributed by atoms with Crippen LogP contribution < -0.4 is 5.32 Å². The van der Waals surface area contributed by atoms with E-state index >= 15 is 0 Å². The molecular formula is C21H22N4O2. The number of ether oxygens (including phenoxy) is 1. The highest BCUT2D eigenvalue weighted by molar-refractivity contribution is 6.06. The summed E-state index contributed by atoms with van der Waals surface area (Å²) >= 11 is 0. The Morgan fingerprint density at radius 2 is 2.11 bits per heavy atom. The van der Waals surface area contributed by atoms with Crippen LogP contribution in [0.5, 0.6) is 0 Å². The minimum atomic E-state index is -0.171. The number of hydrogen-bond acceptors (Lipinski definition) is 5. The molecule has 0 spiro atoms. The number of carbonyl (C=O) groups is 1. The molecule has 1 saturated heterocycles. The van der Waals surface area contributed by atoms with E-state index in [1.165, 1.54) is 0 Å². The van der Waals surface area contributed by atoms with Crippen LogP contribution in [0.25, 0.3) is 10.9 Å². The number of pyridine rings is 2. The van der Waals surface area contributed by atoms with Crippen LogP contribution in [0.3, 0.4) is 0 Å².